The van der Waals surface area contributed by atoms with Gasteiger partial charge >= 0.3 is 0 Å². The van der Waals surface area contributed by atoms with Gasteiger partial charge < -0.3 is 10.2 Å². The number of aromatic nitrogens is 2. The lowest BCUT2D eigenvalue weighted by molar-refractivity contribution is 0.154. The molecule has 0 unspecified atom stereocenters. The van der Waals surface area contributed by atoms with Gasteiger partial charge in [-0.1, -0.05) is 0 Å². The van der Waals surface area contributed by atoms with Gasteiger partial charge in [-0.2, -0.15) is 5.10 Å². The second-order valence-corrected chi connectivity index (χ2v) is 5.03. The Hall–Kier alpha value is -0.910. The van der Waals surface area contributed by atoms with Gasteiger partial charge in [0.2, 0.25) is 0 Å². The average molecular weight is 251 g/mol. The van der Waals surface area contributed by atoms with Crippen molar-refractivity contribution in [1.82, 2.24) is 24.9 Å². The van der Waals surface area contributed by atoms with Crippen LogP contribution in [0.2, 0.25) is 0 Å². The van der Waals surface area contributed by atoms with E-state index in [0.29, 0.717) is 0 Å². The number of nitrogens with one attached hydrogen (secondary N) is 1. The summed E-state index contributed by atoms with van der Waals surface area (Å²) in [7, 11) is 2.20. The SMILES string of the molecule is CCn1cc(CNCCN2CCN(C)CC2)cn1. The van der Waals surface area contributed by atoms with E-state index < -0.39 is 0 Å². The lowest BCUT2D eigenvalue weighted by Crippen LogP contribution is -2.46. The Kier molecular flexibility index (Phi) is 5.16. The Bertz CT molecular complexity index is 341. The Labute approximate surface area is 110 Å². The van der Waals surface area contributed by atoms with Crippen LogP contribution in [0.5, 0.6) is 0 Å². The first-order chi connectivity index (χ1) is 8.78. The van der Waals surface area contributed by atoms with Gasteiger partial charge in [0.1, 0.15) is 0 Å². The van der Waals surface area contributed by atoms with Crippen molar-refractivity contribution in [1.29, 1.82) is 0 Å². The number of piperazine rings is 1. The standard InChI is InChI=1S/C13H25N5/c1-3-18-12-13(11-15-18)10-14-4-5-17-8-6-16(2)7-9-17/h11-12,14H,3-10H2,1-2H3. The van der Waals surface area contributed by atoms with Crippen molar-refractivity contribution in [2.75, 3.05) is 46.3 Å². The molecule has 1 aliphatic rings. The maximum absolute atomic E-state index is 4.27. The number of rotatable bonds is 6. The van der Waals surface area contributed by atoms with Crippen molar-refractivity contribution >= 4 is 0 Å². The maximum Gasteiger partial charge on any atom is 0.0534 e. The van der Waals surface area contributed by atoms with Gasteiger partial charge in [-0.3, -0.25) is 9.58 Å². The van der Waals surface area contributed by atoms with Crippen molar-refractivity contribution < 1.29 is 0 Å². The second kappa shape index (κ2) is 6.87. The Morgan fingerprint density at radius 2 is 2.06 bits per heavy atom. The predicted molar refractivity (Wildman–Crippen MR) is 73.5 cm³/mol. The highest BCUT2D eigenvalue weighted by Crippen LogP contribution is 1.99. The van der Waals surface area contributed by atoms with Crippen molar-refractivity contribution in [3.8, 4) is 0 Å². The van der Waals surface area contributed by atoms with Crippen LogP contribution in [0.1, 0.15) is 12.5 Å². The summed E-state index contributed by atoms with van der Waals surface area (Å²) in [6.07, 6.45) is 4.06. The fourth-order valence-electron chi connectivity index (χ4n) is 2.21. The van der Waals surface area contributed by atoms with E-state index >= 15 is 0 Å². The molecule has 1 aliphatic heterocycles. The van der Waals surface area contributed by atoms with Crippen LogP contribution in [0, 0.1) is 0 Å². The van der Waals surface area contributed by atoms with Crippen LogP contribution in [-0.2, 0) is 13.1 Å². The third kappa shape index (κ3) is 4.08. The zero-order valence-corrected chi connectivity index (χ0v) is 11.6. The van der Waals surface area contributed by atoms with Gasteiger partial charge in [0.25, 0.3) is 0 Å². The molecule has 2 heterocycles. The molecule has 0 amide bonds. The summed E-state index contributed by atoms with van der Waals surface area (Å²) in [5.41, 5.74) is 1.27. The van der Waals surface area contributed by atoms with Gasteiger partial charge in [0, 0.05) is 64.1 Å². The maximum atomic E-state index is 4.27. The van der Waals surface area contributed by atoms with Crippen LogP contribution in [-0.4, -0.2) is 65.9 Å². The summed E-state index contributed by atoms with van der Waals surface area (Å²) < 4.78 is 1.97. The van der Waals surface area contributed by atoms with Gasteiger partial charge in [0.05, 0.1) is 6.20 Å². The monoisotopic (exact) mass is 251 g/mol. The summed E-state index contributed by atoms with van der Waals surface area (Å²) >= 11 is 0. The molecule has 0 aliphatic carbocycles. The van der Waals surface area contributed by atoms with E-state index in [1.807, 2.05) is 10.9 Å². The fourth-order valence-corrected chi connectivity index (χ4v) is 2.21. The third-order valence-electron chi connectivity index (χ3n) is 3.54. The Morgan fingerprint density at radius 1 is 1.28 bits per heavy atom. The van der Waals surface area contributed by atoms with Crippen molar-refractivity contribution in [2.45, 2.75) is 20.0 Å². The van der Waals surface area contributed by atoms with Crippen LogP contribution < -0.4 is 5.32 Å². The van der Waals surface area contributed by atoms with E-state index in [2.05, 4.69) is 40.4 Å². The molecule has 0 atom stereocenters. The third-order valence-corrected chi connectivity index (χ3v) is 3.54. The largest absolute Gasteiger partial charge is 0.311 e. The molecule has 0 radical (unpaired) electrons. The van der Waals surface area contributed by atoms with Crippen molar-refractivity contribution in [3.63, 3.8) is 0 Å². The van der Waals surface area contributed by atoms with Gasteiger partial charge in [-0.25, -0.2) is 0 Å². The normalized spacial score (nSPS) is 18.3. The van der Waals surface area contributed by atoms with Crippen LogP contribution in [0.25, 0.3) is 0 Å². The number of aryl methyl sites for hydroxylation is 1. The summed E-state index contributed by atoms with van der Waals surface area (Å²) in [6, 6.07) is 0. The van der Waals surface area contributed by atoms with Gasteiger partial charge in [-0.05, 0) is 14.0 Å². The molecule has 0 aromatic carbocycles. The highest BCUT2D eigenvalue weighted by Gasteiger charge is 2.12. The molecule has 0 saturated carbocycles. The predicted octanol–water partition coefficient (Wildman–Crippen LogP) is 0.240. The van der Waals surface area contributed by atoms with Gasteiger partial charge in [0.15, 0.2) is 0 Å². The molecule has 0 spiro atoms. The van der Waals surface area contributed by atoms with Crippen LogP contribution in [0.4, 0.5) is 0 Å². The summed E-state index contributed by atoms with van der Waals surface area (Å²) in [5.74, 6) is 0. The van der Waals surface area contributed by atoms with Crippen molar-refractivity contribution in [3.05, 3.63) is 18.0 Å². The first-order valence-electron chi connectivity index (χ1n) is 6.91. The fraction of sp³-hybridized carbons (Fsp3) is 0.769. The van der Waals surface area contributed by atoms with Crippen LogP contribution in [0.3, 0.4) is 0 Å². The quantitative estimate of drug-likeness (QED) is 0.735. The number of hydrogen-bond donors (Lipinski definition) is 1. The number of hydrogen-bond acceptors (Lipinski definition) is 4. The second-order valence-electron chi connectivity index (χ2n) is 5.03. The topological polar surface area (TPSA) is 36.3 Å². The Morgan fingerprint density at radius 3 is 2.72 bits per heavy atom. The van der Waals surface area contributed by atoms with E-state index in [9.17, 15) is 0 Å². The van der Waals surface area contributed by atoms with Crippen LogP contribution >= 0.6 is 0 Å². The minimum absolute atomic E-state index is 0.924. The molecule has 1 aromatic heterocycles. The average Bonchev–Trinajstić information content (AvgIpc) is 2.85. The molecular formula is C13H25N5. The molecule has 1 fully saturated rings. The molecule has 5 heteroatoms. The van der Waals surface area contributed by atoms with E-state index in [4.69, 9.17) is 0 Å². The molecule has 0 bridgehead atoms. The molecule has 2 rings (SSSR count). The highest BCUT2D eigenvalue weighted by molar-refractivity contribution is 5.03. The minimum atomic E-state index is 0.924. The highest BCUT2D eigenvalue weighted by atomic mass is 15.3. The first-order valence-corrected chi connectivity index (χ1v) is 6.91. The molecular weight excluding hydrogens is 226 g/mol. The molecule has 5 nitrogen and oxygen atoms in total. The molecule has 102 valence electrons. The first kappa shape index (κ1) is 13.5. The summed E-state index contributed by atoms with van der Waals surface area (Å²) in [4.78, 5) is 4.92. The molecule has 18 heavy (non-hydrogen) atoms. The minimum Gasteiger partial charge on any atom is -0.311 e. The van der Waals surface area contributed by atoms with E-state index in [1.165, 1.54) is 31.7 Å². The van der Waals surface area contributed by atoms with Crippen LogP contribution in [0.15, 0.2) is 12.4 Å². The van der Waals surface area contributed by atoms with E-state index in [1.54, 1.807) is 0 Å². The zero-order chi connectivity index (χ0) is 12.8. The number of nitrogens with zero attached hydrogens (tertiary/aromatic N) is 4. The molecule has 1 N–H and O–H groups in total. The Balaban J connectivity index is 1.58. The molecule has 1 saturated heterocycles. The lowest BCUT2D eigenvalue weighted by Gasteiger charge is -2.32. The zero-order valence-electron chi connectivity index (χ0n) is 11.6. The van der Waals surface area contributed by atoms with Gasteiger partial charge in [-0.15, -0.1) is 0 Å². The van der Waals surface area contributed by atoms with E-state index in [0.717, 1.165) is 26.2 Å². The summed E-state index contributed by atoms with van der Waals surface area (Å²) in [5, 5.41) is 7.76. The smallest absolute Gasteiger partial charge is 0.0534 e. The molecule has 1 aromatic rings. The number of likely N-dealkylation sites (N-methyl/N-ethyl adjacent to an activating group) is 1. The summed E-state index contributed by atoms with van der Waals surface area (Å²) in [6.45, 7) is 11.0. The van der Waals surface area contributed by atoms with Crippen molar-refractivity contribution in [2.24, 2.45) is 0 Å². The van der Waals surface area contributed by atoms with E-state index in [-0.39, 0.29) is 0 Å². The lowest BCUT2D eigenvalue weighted by atomic mass is 10.3.